The summed E-state index contributed by atoms with van der Waals surface area (Å²) < 4.78 is 36.9. The molecule has 8 heteroatoms. The fourth-order valence-electron chi connectivity index (χ4n) is 1.42. The SMILES string of the molecule is O=S(=O)(Cl)c1cn(Cc2c(F)cccc2Cl)cn1. The Balaban J connectivity index is 2.33. The molecule has 0 aliphatic carbocycles. The summed E-state index contributed by atoms with van der Waals surface area (Å²) in [5.74, 6) is -0.466. The third-order valence-electron chi connectivity index (χ3n) is 2.26. The van der Waals surface area contributed by atoms with Gasteiger partial charge >= 0.3 is 0 Å². The van der Waals surface area contributed by atoms with Gasteiger partial charge in [-0.3, -0.25) is 0 Å². The minimum atomic E-state index is -3.88. The van der Waals surface area contributed by atoms with Gasteiger partial charge in [-0.25, -0.2) is 17.8 Å². The molecule has 0 fully saturated rings. The van der Waals surface area contributed by atoms with E-state index in [1.54, 1.807) is 6.07 Å². The van der Waals surface area contributed by atoms with Gasteiger partial charge in [0.2, 0.25) is 0 Å². The molecule has 0 bridgehead atoms. The maximum Gasteiger partial charge on any atom is 0.280 e. The maximum atomic E-state index is 13.5. The van der Waals surface area contributed by atoms with E-state index in [1.807, 2.05) is 0 Å². The number of nitrogens with zero attached hydrogens (tertiary/aromatic N) is 2. The highest BCUT2D eigenvalue weighted by atomic mass is 35.7. The Morgan fingerprint density at radius 3 is 2.67 bits per heavy atom. The fourth-order valence-corrected chi connectivity index (χ4v) is 2.31. The Hall–Kier alpha value is -1.11. The smallest absolute Gasteiger partial charge is 0.280 e. The summed E-state index contributed by atoms with van der Waals surface area (Å²) in [6.07, 6.45) is 2.46. The van der Waals surface area contributed by atoms with Crippen LogP contribution in [0.1, 0.15) is 5.56 Å². The first-order chi connectivity index (χ1) is 8.38. The van der Waals surface area contributed by atoms with Crippen LogP contribution in [0.4, 0.5) is 4.39 Å². The van der Waals surface area contributed by atoms with E-state index in [0.29, 0.717) is 0 Å². The number of benzene rings is 1. The molecule has 4 nitrogen and oxygen atoms in total. The lowest BCUT2D eigenvalue weighted by Crippen LogP contribution is -2.00. The van der Waals surface area contributed by atoms with Crippen molar-refractivity contribution in [3.8, 4) is 0 Å². The Labute approximate surface area is 112 Å². The zero-order chi connectivity index (χ0) is 13.3. The van der Waals surface area contributed by atoms with Crippen LogP contribution in [0.2, 0.25) is 5.02 Å². The summed E-state index contributed by atoms with van der Waals surface area (Å²) in [4.78, 5) is 3.62. The first kappa shape index (κ1) is 13.3. The number of hydrogen-bond acceptors (Lipinski definition) is 3. The van der Waals surface area contributed by atoms with Gasteiger partial charge in [0, 0.05) is 27.5 Å². The molecule has 18 heavy (non-hydrogen) atoms. The van der Waals surface area contributed by atoms with Crippen LogP contribution in [0.5, 0.6) is 0 Å². The second-order valence-corrected chi connectivity index (χ2v) is 6.44. The Kier molecular flexibility index (Phi) is 3.61. The lowest BCUT2D eigenvalue weighted by molar-refractivity contribution is 0.599. The third kappa shape index (κ3) is 2.82. The highest BCUT2D eigenvalue weighted by Crippen LogP contribution is 2.20. The lowest BCUT2D eigenvalue weighted by atomic mass is 10.2. The molecule has 0 aliphatic rings. The highest BCUT2D eigenvalue weighted by molar-refractivity contribution is 8.13. The van der Waals surface area contributed by atoms with Crippen molar-refractivity contribution in [1.82, 2.24) is 9.55 Å². The standard InChI is InChI=1S/C10H7Cl2FN2O2S/c11-8-2-1-3-9(13)7(8)4-15-5-10(14-6-15)18(12,16)17/h1-3,5-6H,4H2. The molecule has 0 saturated carbocycles. The zero-order valence-corrected chi connectivity index (χ0v) is 11.2. The average Bonchev–Trinajstić information content (AvgIpc) is 2.72. The minimum Gasteiger partial charge on any atom is -0.331 e. The van der Waals surface area contributed by atoms with Crippen LogP contribution in [0.25, 0.3) is 0 Å². The van der Waals surface area contributed by atoms with Gasteiger partial charge in [0.1, 0.15) is 5.82 Å². The third-order valence-corrected chi connectivity index (χ3v) is 3.80. The molecule has 0 atom stereocenters. The van der Waals surface area contributed by atoms with Crippen molar-refractivity contribution < 1.29 is 12.8 Å². The summed E-state index contributed by atoms with van der Waals surface area (Å²) in [5, 5.41) is -0.0180. The number of rotatable bonds is 3. The Morgan fingerprint density at radius 2 is 2.11 bits per heavy atom. The monoisotopic (exact) mass is 308 g/mol. The normalized spacial score (nSPS) is 11.7. The van der Waals surface area contributed by atoms with Crippen LogP contribution in [0.15, 0.2) is 35.7 Å². The molecule has 0 unspecified atom stereocenters. The molecule has 0 amide bonds. The van der Waals surface area contributed by atoms with Crippen LogP contribution < -0.4 is 0 Å². The van der Waals surface area contributed by atoms with Crippen molar-refractivity contribution in [2.24, 2.45) is 0 Å². The molecule has 1 heterocycles. The van der Waals surface area contributed by atoms with Gasteiger partial charge in [-0.1, -0.05) is 17.7 Å². The molecule has 0 spiro atoms. The van der Waals surface area contributed by atoms with E-state index in [4.69, 9.17) is 22.3 Å². The van der Waals surface area contributed by atoms with E-state index in [-0.39, 0.29) is 22.2 Å². The first-order valence-corrected chi connectivity index (χ1v) is 7.46. The van der Waals surface area contributed by atoms with Crippen molar-refractivity contribution in [1.29, 1.82) is 0 Å². The molecular weight excluding hydrogens is 302 g/mol. The molecule has 2 aromatic rings. The van der Waals surface area contributed by atoms with Crippen LogP contribution in [0.3, 0.4) is 0 Å². The van der Waals surface area contributed by atoms with Crippen LogP contribution in [-0.4, -0.2) is 18.0 Å². The Bertz CT molecular complexity index is 665. The van der Waals surface area contributed by atoms with E-state index in [1.165, 1.54) is 29.2 Å². The molecule has 2 rings (SSSR count). The van der Waals surface area contributed by atoms with Crippen molar-refractivity contribution in [2.75, 3.05) is 0 Å². The molecule has 96 valence electrons. The predicted octanol–water partition coefficient (Wildman–Crippen LogP) is 2.65. The summed E-state index contributed by atoms with van der Waals surface area (Å²) >= 11 is 5.86. The largest absolute Gasteiger partial charge is 0.331 e. The van der Waals surface area contributed by atoms with Crippen LogP contribution >= 0.6 is 22.3 Å². The number of halogens is 3. The van der Waals surface area contributed by atoms with E-state index in [9.17, 15) is 12.8 Å². The molecule has 1 aromatic carbocycles. The molecule has 0 radical (unpaired) electrons. The van der Waals surface area contributed by atoms with Gasteiger partial charge in [-0.15, -0.1) is 0 Å². The molecule has 0 N–H and O–H groups in total. The van der Waals surface area contributed by atoms with Crippen molar-refractivity contribution in [2.45, 2.75) is 11.6 Å². The van der Waals surface area contributed by atoms with E-state index in [0.717, 1.165) is 0 Å². The zero-order valence-electron chi connectivity index (χ0n) is 8.85. The van der Waals surface area contributed by atoms with Crippen molar-refractivity contribution in [3.05, 3.63) is 47.1 Å². The van der Waals surface area contributed by atoms with E-state index >= 15 is 0 Å². The van der Waals surface area contributed by atoms with Crippen LogP contribution in [-0.2, 0) is 15.6 Å². The molecule has 1 aromatic heterocycles. The number of aromatic nitrogens is 2. The minimum absolute atomic E-state index is 0.0743. The van der Waals surface area contributed by atoms with Crippen molar-refractivity contribution in [3.63, 3.8) is 0 Å². The van der Waals surface area contributed by atoms with Gasteiger partial charge in [0.05, 0.1) is 12.9 Å². The summed E-state index contributed by atoms with van der Waals surface area (Å²) in [6.45, 7) is 0.0743. The van der Waals surface area contributed by atoms with Gasteiger partial charge < -0.3 is 4.57 Å². The van der Waals surface area contributed by atoms with Gasteiger partial charge in [0.25, 0.3) is 9.05 Å². The number of hydrogen-bond donors (Lipinski definition) is 0. The lowest BCUT2D eigenvalue weighted by Gasteiger charge is -2.05. The second-order valence-electron chi connectivity index (χ2n) is 3.52. The van der Waals surface area contributed by atoms with Gasteiger partial charge in [-0.2, -0.15) is 0 Å². The van der Waals surface area contributed by atoms with E-state index < -0.39 is 14.9 Å². The maximum absolute atomic E-state index is 13.5. The van der Waals surface area contributed by atoms with Crippen LogP contribution in [0, 0.1) is 5.82 Å². The predicted molar refractivity (Wildman–Crippen MR) is 65.8 cm³/mol. The average molecular weight is 309 g/mol. The fraction of sp³-hybridized carbons (Fsp3) is 0.100. The quantitative estimate of drug-likeness (QED) is 0.819. The van der Waals surface area contributed by atoms with Crippen molar-refractivity contribution >= 4 is 31.3 Å². The van der Waals surface area contributed by atoms with E-state index in [2.05, 4.69) is 4.98 Å². The number of imidazole rings is 1. The summed E-state index contributed by atoms with van der Waals surface area (Å²) in [5.41, 5.74) is 0.259. The van der Waals surface area contributed by atoms with Gasteiger partial charge in [0.15, 0.2) is 5.03 Å². The molecule has 0 saturated heterocycles. The summed E-state index contributed by atoms with van der Waals surface area (Å²) in [7, 11) is 1.25. The molecule has 0 aliphatic heterocycles. The topological polar surface area (TPSA) is 52.0 Å². The summed E-state index contributed by atoms with van der Waals surface area (Å²) in [6, 6.07) is 4.32. The molecular formula is C10H7Cl2FN2O2S. The second kappa shape index (κ2) is 4.87. The van der Waals surface area contributed by atoms with Gasteiger partial charge in [-0.05, 0) is 12.1 Å². The highest BCUT2D eigenvalue weighted by Gasteiger charge is 2.14. The first-order valence-electron chi connectivity index (χ1n) is 4.77. The Morgan fingerprint density at radius 1 is 1.39 bits per heavy atom.